The highest BCUT2D eigenvalue weighted by Crippen LogP contribution is 2.25. The zero-order valence-electron chi connectivity index (χ0n) is 15.2. The van der Waals surface area contributed by atoms with E-state index in [1.807, 2.05) is 36.5 Å². The molecule has 0 atom stereocenters. The molecule has 7 heteroatoms. The van der Waals surface area contributed by atoms with Crippen LogP contribution < -0.4 is 0 Å². The molecule has 1 aromatic carbocycles. The molecule has 0 radical (unpaired) electrons. The molecule has 0 aliphatic heterocycles. The van der Waals surface area contributed by atoms with Crippen LogP contribution in [0.1, 0.15) is 5.56 Å². The van der Waals surface area contributed by atoms with E-state index in [1.165, 1.54) is 10.4 Å². The monoisotopic (exact) mass is 357 g/mol. The Morgan fingerprint density at radius 2 is 1.85 bits per heavy atom. The molecule has 27 heavy (non-hydrogen) atoms. The quantitative estimate of drug-likeness (QED) is 0.547. The maximum absolute atomic E-state index is 4.44. The molecule has 0 amide bonds. The molecule has 3 aromatic heterocycles. The molecule has 0 bridgehead atoms. The molecule has 0 N–H and O–H groups in total. The lowest BCUT2D eigenvalue weighted by molar-refractivity contribution is 0.403. The Bertz CT molecular complexity index is 1040. The molecule has 0 saturated carbocycles. The maximum atomic E-state index is 4.44. The van der Waals surface area contributed by atoms with Gasteiger partial charge in [0.15, 0.2) is 0 Å². The van der Waals surface area contributed by atoms with Gasteiger partial charge in [-0.25, -0.2) is 0 Å². The first kappa shape index (κ1) is 17.0. The Morgan fingerprint density at radius 1 is 1.00 bits per heavy atom. The van der Waals surface area contributed by atoms with Gasteiger partial charge in [-0.3, -0.25) is 9.97 Å². The summed E-state index contributed by atoms with van der Waals surface area (Å²) in [5, 5.41) is 12.7. The number of nitrogens with zero attached hydrogens (tertiary/aromatic N) is 7. The molecule has 0 aliphatic rings. The minimum absolute atomic E-state index is 0.481. The summed E-state index contributed by atoms with van der Waals surface area (Å²) >= 11 is 0. The van der Waals surface area contributed by atoms with E-state index < -0.39 is 0 Å². The minimum Gasteiger partial charge on any atom is -0.305 e. The molecule has 3 heterocycles. The fourth-order valence-corrected chi connectivity index (χ4v) is 2.89. The van der Waals surface area contributed by atoms with Gasteiger partial charge in [0.1, 0.15) is 11.4 Å². The Morgan fingerprint density at radius 3 is 2.67 bits per heavy atom. The Balaban J connectivity index is 1.69. The first-order chi connectivity index (χ1) is 13.2. The van der Waals surface area contributed by atoms with E-state index in [2.05, 4.69) is 62.6 Å². The van der Waals surface area contributed by atoms with Crippen LogP contribution in [0.25, 0.3) is 28.3 Å². The second kappa shape index (κ2) is 7.43. The predicted molar refractivity (Wildman–Crippen MR) is 103 cm³/mol. The van der Waals surface area contributed by atoms with Crippen molar-refractivity contribution in [2.24, 2.45) is 0 Å². The van der Waals surface area contributed by atoms with Gasteiger partial charge < -0.3 is 4.90 Å². The van der Waals surface area contributed by atoms with Gasteiger partial charge in [-0.1, -0.05) is 30.3 Å². The van der Waals surface area contributed by atoms with Gasteiger partial charge in [0.25, 0.3) is 0 Å². The number of pyridine rings is 2. The van der Waals surface area contributed by atoms with Crippen LogP contribution in [0.4, 0.5) is 0 Å². The highest BCUT2D eigenvalue weighted by molar-refractivity contribution is 5.68. The first-order valence-electron chi connectivity index (χ1n) is 8.60. The van der Waals surface area contributed by atoms with Gasteiger partial charge in [0, 0.05) is 24.5 Å². The Kier molecular flexibility index (Phi) is 4.67. The van der Waals surface area contributed by atoms with E-state index in [-0.39, 0.29) is 0 Å². The molecule has 0 fully saturated rings. The van der Waals surface area contributed by atoms with Crippen molar-refractivity contribution in [1.82, 2.24) is 35.1 Å². The van der Waals surface area contributed by atoms with Crippen molar-refractivity contribution < 1.29 is 0 Å². The summed E-state index contributed by atoms with van der Waals surface area (Å²) in [5.41, 5.74) is 4.83. The molecule has 7 nitrogen and oxygen atoms in total. The molecule has 134 valence electrons. The molecule has 0 unspecified atom stereocenters. The van der Waals surface area contributed by atoms with Gasteiger partial charge in [0.05, 0.1) is 6.20 Å². The van der Waals surface area contributed by atoms with Crippen LogP contribution in [0.5, 0.6) is 0 Å². The summed E-state index contributed by atoms with van der Waals surface area (Å²) < 4.78 is 0. The highest BCUT2D eigenvalue weighted by Gasteiger charge is 2.11. The van der Waals surface area contributed by atoms with Gasteiger partial charge in [-0.2, -0.15) is 0 Å². The third-order valence-corrected chi connectivity index (χ3v) is 4.08. The highest BCUT2D eigenvalue weighted by atomic mass is 15.6. The number of aromatic nitrogens is 6. The lowest BCUT2D eigenvalue weighted by Gasteiger charge is -2.14. The normalized spacial score (nSPS) is 11.1. The van der Waals surface area contributed by atoms with Gasteiger partial charge in [0.2, 0.25) is 5.82 Å². The summed E-state index contributed by atoms with van der Waals surface area (Å²) in [6, 6.07) is 16.0. The number of hydrogen-bond donors (Lipinski definition) is 0. The van der Waals surface area contributed by atoms with Crippen LogP contribution in [0, 0.1) is 0 Å². The van der Waals surface area contributed by atoms with Gasteiger partial charge in [-0.15, -0.1) is 15.0 Å². The minimum atomic E-state index is 0.481. The standard InChI is InChI=1S/C20H19N7/c1-26(2)14-15-7-3-4-8-18(15)16-11-17(13-21-12-16)27-24-20(23-25-27)19-9-5-6-10-22-19/h3-13H,14H2,1-2H3. The van der Waals surface area contributed by atoms with Gasteiger partial charge >= 0.3 is 0 Å². The van der Waals surface area contributed by atoms with Crippen molar-refractivity contribution in [3.05, 3.63) is 72.7 Å². The predicted octanol–water partition coefficient (Wildman–Crippen LogP) is 2.85. The first-order valence-corrected chi connectivity index (χ1v) is 8.60. The smallest absolute Gasteiger partial charge is 0.223 e. The van der Waals surface area contributed by atoms with Crippen molar-refractivity contribution in [2.75, 3.05) is 14.1 Å². The average molecular weight is 357 g/mol. The molecular formula is C20H19N7. The van der Waals surface area contributed by atoms with Crippen molar-refractivity contribution >= 4 is 0 Å². The third-order valence-electron chi connectivity index (χ3n) is 4.08. The number of rotatable bonds is 5. The van der Waals surface area contributed by atoms with Crippen LogP contribution in [0.15, 0.2) is 67.1 Å². The topological polar surface area (TPSA) is 72.6 Å². The molecule has 4 rings (SSSR count). The number of hydrogen-bond acceptors (Lipinski definition) is 6. The fraction of sp³-hybridized carbons (Fsp3) is 0.150. The molecule has 0 spiro atoms. The molecular weight excluding hydrogens is 338 g/mol. The summed E-state index contributed by atoms with van der Waals surface area (Å²) in [5.74, 6) is 0.481. The third kappa shape index (κ3) is 3.73. The van der Waals surface area contributed by atoms with Crippen LogP contribution in [0.3, 0.4) is 0 Å². The fourth-order valence-electron chi connectivity index (χ4n) is 2.89. The van der Waals surface area contributed by atoms with E-state index in [9.17, 15) is 0 Å². The SMILES string of the molecule is CN(C)Cc1ccccc1-c1cncc(-n2nnc(-c3ccccn3)n2)c1. The molecule has 0 saturated heterocycles. The van der Waals surface area contributed by atoms with Crippen LogP contribution in [-0.4, -0.2) is 49.2 Å². The average Bonchev–Trinajstić information content (AvgIpc) is 3.19. The summed E-state index contributed by atoms with van der Waals surface area (Å²) in [6.07, 6.45) is 5.29. The summed E-state index contributed by atoms with van der Waals surface area (Å²) in [6.45, 7) is 0.853. The van der Waals surface area contributed by atoms with Crippen molar-refractivity contribution in [2.45, 2.75) is 6.54 Å². The lowest BCUT2D eigenvalue weighted by Crippen LogP contribution is -2.11. The largest absolute Gasteiger partial charge is 0.305 e. The van der Waals surface area contributed by atoms with E-state index in [4.69, 9.17) is 0 Å². The van der Waals surface area contributed by atoms with E-state index in [1.54, 1.807) is 12.4 Å². The van der Waals surface area contributed by atoms with E-state index in [0.29, 0.717) is 11.5 Å². The van der Waals surface area contributed by atoms with E-state index in [0.717, 1.165) is 23.4 Å². The Labute approximate surface area is 157 Å². The summed E-state index contributed by atoms with van der Waals surface area (Å²) in [4.78, 5) is 12.3. The van der Waals surface area contributed by atoms with Crippen molar-refractivity contribution in [3.63, 3.8) is 0 Å². The van der Waals surface area contributed by atoms with Gasteiger partial charge in [-0.05, 0) is 48.6 Å². The van der Waals surface area contributed by atoms with Crippen molar-refractivity contribution in [3.8, 4) is 28.3 Å². The van der Waals surface area contributed by atoms with Crippen LogP contribution in [0.2, 0.25) is 0 Å². The summed E-state index contributed by atoms with van der Waals surface area (Å²) in [7, 11) is 4.12. The van der Waals surface area contributed by atoms with E-state index >= 15 is 0 Å². The number of benzene rings is 1. The zero-order valence-corrected chi connectivity index (χ0v) is 15.2. The maximum Gasteiger partial charge on any atom is 0.223 e. The second-order valence-electron chi connectivity index (χ2n) is 6.44. The number of tetrazole rings is 1. The molecule has 4 aromatic rings. The Hall–Kier alpha value is -3.45. The van der Waals surface area contributed by atoms with Crippen LogP contribution in [-0.2, 0) is 6.54 Å². The second-order valence-corrected chi connectivity index (χ2v) is 6.44. The zero-order chi connectivity index (χ0) is 18.6. The van der Waals surface area contributed by atoms with Crippen LogP contribution >= 0.6 is 0 Å². The molecule has 0 aliphatic carbocycles. The van der Waals surface area contributed by atoms with Crippen molar-refractivity contribution in [1.29, 1.82) is 0 Å². The lowest BCUT2D eigenvalue weighted by atomic mass is 10.0.